The molecule has 2 atom stereocenters. The number of nitrogens with zero attached hydrogens (tertiary/aromatic N) is 2. The SMILES string of the molecule is C[C@H]1CC[C@H](c2ccccc2)S(=O)(=O)N1Cc1cc(F)c(C2(CN3C(=O)CNC3=O)CC(C)(O)C2)cc1F. The molecule has 0 bridgehead atoms. The molecule has 1 aliphatic carbocycles. The van der Waals surface area contributed by atoms with Crippen molar-refractivity contribution in [2.45, 2.75) is 68.4 Å². The van der Waals surface area contributed by atoms with Gasteiger partial charge in [0.2, 0.25) is 15.9 Å². The number of hydrogen-bond acceptors (Lipinski definition) is 5. The van der Waals surface area contributed by atoms with Crippen molar-refractivity contribution in [2.75, 3.05) is 13.1 Å². The van der Waals surface area contributed by atoms with Gasteiger partial charge in [0.1, 0.15) is 16.9 Å². The highest BCUT2D eigenvalue weighted by atomic mass is 32.2. The van der Waals surface area contributed by atoms with Gasteiger partial charge >= 0.3 is 6.03 Å². The smallest absolute Gasteiger partial charge is 0.324 e. The quantitative estimate of drug-likeness (QED) is 0.540. The zero-order chi connectivity index (χ0) is 27.5. The molecule has 2 aromatic carbocycles. The lowest BCUT2D eigenvalue weighted by Crippen LogP contribution is -2.59. The molecule has 5 rings (SSSR count). The second-order valence-corrected chi connectivity index (χ2v) is 13.2. The van der Waals surface area contributed by atoms with E-state index >= 15 is 8.78 Å². The third kappa shape index (κ3) is 4.60. The molecule has 0 aromatic heterocycles. The van der Waals surface area contributed by atoms with E-state index in [1.807, 2.05) is 0 Å². The van der Waals surface area contributed by atoms with Gasteiger partial charge in [-0.1, -0.05) is 30.3 Å². The second-order valence-electron chi connectivity index (χ2n) is 11.1. The lowest BCUT2D eigenvalue weighted by Gasteiger charge is -2.53. The molecule has 2 heterocycles. The Kier molecular flexibility index (Phi) is 6.60. The predicted molar refractivity (Wildman–Crippen MR) is 135 cm³/mol. The number of sulfonamides is 1. The summed E-state index contributed by atoms with van der Waals surface area (Å²) in [5, 5.41) is 12.1. The zero-order valence-electron chi connectivity index (χ0n) is 21.3. The van der Waals surface area contributed by atoms with Gasteiger partial charge in [0, 0.05) is 30.1 Å². The molecule has 2 saturated heterocycles. The van der Waals surface area contributed by atoms with E-state index in [0.717, 1.165) is 17.0 Å². The van der Waals surface area contributed by atoms with Crippen LogP contribution in [0.2, 0.25) is 0 Å². The molecule has 1 saturated carbocycles. The van der Waals surface area contributed by atoms with Gasteiger partial charge in [0.25, 0.3) is 0 Å². The van der Waals surface area contributed by atoms with E-state index < -0.39 is 55.9 Å². The summed E-state index contributed by atoms with van der Waals surface area (Å²) in [6.07, 6.45) is 1.07. The number of hydrogen-bond donors (Lipinski definition) is 2. The van der Waals surface area contributed by atoms with E-state index in [9.17, 15) is 23.1 Å². The van der Waals surface area contributed by atoms with Crippen molar-refractivity contribution in [3.63, 3.8) is 0 Å². The summed E-state index contributed by atoms with van der Waals surface area (Å²) < 4.78 is 59.5. The fourth-order valence-electron chi connectivity index (χ4n) is 6.35. The Morgan fingerprint density at radius 3 is 2.37 bits per heavy atom. The monoisotopic (exact) mass is 547 g/mol. The van der Waals surface area contributed by atoms with E-state index in [0.29, 0.717) is 18.4 Å². The molecule has 11 heteroatoms. The average Bonchev–Trinajstić information content (AvgIpc) is 3.14. The molecule has 3 aliphatic rings. The van der Waals surface area contributed by atoms with Crippen molar-refractivity contribution < 1.29 is 31.9 Å². The first-order valence-electron chi connectivity index (χ1n) is 12.7. The molecule has 38 heavy (non-hydrogen) atoms. The minimum Gasteiger partial charge on any atom is -0.390 e. The fourth-order valence-corrected chi connectivity index (χ4v) is 8.53. The summed E-state index contributed by atoms with van der Waals surface area (Å²) in [6.45, 7) is 2.62. The van der Waals surface area contributed by atoms with E-state index in [1.54, 1.807) is 44.2 Å². The van der Waals surface area contributed by atoms with Gasteiger partial charge in [0.15, 0.2) is 0 Å². The first-order chi connectivity index (χ1) is 17.8. The molecule has 2 N–H and O–H groups in total. The molecule has 2 aliphatic heterocycles. The van der Waals surface area contributed by atoms with Gasteiger partial charge in [-0.2, -0.15) is 4.31 Å². The molecule has 8 nitrogen and oxygen atoms in total. The van der Waals surface area contributed by atoms with Crippen LogP contribution in [0.5, 0.6) is 0 Å². The van der Waals surface area contributed by atoms with Gasteiger partial charge in [-0.3, -0.25) is 9.69 Å². The molecule has 2 aromatic rings. The Morgan fingerprint density at radius 2 is 1.76 bits per heavy atom. The maximum Gasteiger partial charge on any atom is 0.324 e. The van der Waals surface area contributed by atoms with E-state index in [2.05, 4.69) is 5.32 Å². The summed E-state index contributed by atoms with van der Waals surface area (Å²) in [4.78, 5) is 25.3. The normalized spacial score (nSPS) is 31.2. The molecule has 3 amide bonds. The van der Waals surface area contributed by atoms with Crippen molar-refractivity contribution in [1.82, 2.24) is 14.5 Å². The van der Waals surface area contributed by atoms with E-state index in [4.69, 9.17) is 0 Å². The third-order valence-electron chi connectivity index (χ3n) is 8.07. The molecule has 0 radical (unpaired) electrons. The molecule has 204 valence electrons. The topological polar surface area (TPSA) is 107 Å². The van der Waals surface area contributed by atoms with Crippen LogP contribution in [0, 0.1) is 11.6 Å². The molecule has 0 unspecified atom stereocenters. The van der Waals surface area contributed by atoms with Crippen LogP contribution >= 0.6 is 0 Å². The molecule has 0 spiro atoms. The number of nitrogens with one attached hydrogen (secondary N) is 1. The van der Waals surface area contributed by atoms with E-state index in [-0.39, 0.29) is 43.6 Å². The Hall–Kier alpha value is -2.89. The summed E-state index contributed by atoms with van der Waals surface area (Å²) in [5.74, 6) is -2.03. The lowest BCUT2D eigenvalue weighted by molar-refractivity contribution is -0.129. The number of carbonyl (C=O) groups excluding carboxylic acids is 2. The minimum atomic E-state index is -3.85. The second kappa shape index (κ2) is 9.39. The predicted octanol–water partition coefficient (Wildman–Crippen LogP) is 3.35. The highest BCUT2D eigenvalue weighted by molar-refractivity contribution is 7.89. The number of carbonyl (C=O) groups is 2. The minimum absolute atomic E-state index is 0.0308. The number of imide groups is 1. The summed E-state index contributed by atoms with van der Waals surface area (Å²) in [6, 6.07) is 9.87. The average molecular weight is 548 g/mol. The Morgan fingerprint density at radius 1 is 1.08 bits per heavy atom. The van der Waals surface area contributed by atoms with Gasteiger partial charge in [-0.05, 0) is 62.8 Å². The van der Waals surface area contributed by atoms with Crippen LogP contribution in [-0.2, 0) is 26.8 Å². The largest absolute Gasteiger partial charge is 0.390 e. The summed E-state index contributed by atoms with van der Waals surface area (Å²) >= 11 is 0. The van der Waals surface area contributed by atoms with Crippen molar-refractivity contribution in [2.24, 2.45) is 0 Å². The highest BCUT2D eigenvalue weighted by Gasteiger charge is 2.55. The number of benzene rings is 2. The zero-order valence-corrected chi connectivity index (χ0v) is 22.1. The number of halogens is 2. The number of urea groups is 1. The summed E-state index contributed by atoms with van der Waals surface area (Å²) in [5.41, 5.74) is -1.82. The van der Waals surface area contributed by atoms with Crippen LogP contribution in [0.3, 0.4) is 0 Å². The number of amides is 3. The maximum absolute atomic E-state index is 15.6. The summed E-state index contributed by atoms with van der Waals surface area (Å²) in [7, 11) is -3.85. The lowest BCUT2D eigenvalue weighted by atomic mass is 9.56. The van der Waals surface area contributed by atoms with Crippen LogP contribution in [0.15, 0.2) is 42.5 Å². The van der Waals surface area contributed by atoms with Gasteiger partial charge in [0.05, 0.1) is 12.1 Å². The van der Waals surface area contributed by atoms with Crippen LogP contribution in [0.4, 0.5) is 13.6 Å². The van der Waals surface area contributed by atoms with Crippen LogP contribution < -0.4 is 5.32 Å². The fraction of sp³-hybridized carbons (Fsp3) is 0.481. The van der Waals surface area contributed by atoms with Gasteiger partial charge in [-0.25, -0.2) is 22.0 Å². The first-order valence-corrected chi connectivity index (χ1v) is 14.2. The third-order valence-corrected chi connectivity index (χ3v) is 10.4. The Labute approximate surface area is 220 Å². The molecule has 3 fully saturated rings. The van der Waals surface area contributed by atoms with Crippen molar-refractivity contribution >= 4 is 22.0 Å². The van der Waals surface area contributed by atoms with Crippen LogP contribution in [0.1, 0.15) is 61.5 Å². The highest BCUT2D eigenvalue weighted by Crippen LogP contribution is 2.52. The van der Waals surface area contributed by atoms with Crippen LogP contribution in [0.25, 0.3) is 0 Å². The van der Waals surface area contributed by atoms with Gasteiger partial charge in [-0.15, -0.1) is 0 Å². The standard InChI is InChI=1S/C27H31F2N3O5S/c1-17-8-9-23(18-6-4-3-5-7-18)38(36,37)32(17)13-19-10-22(29)20(11-21(19)28)27(14-26(2,35)15-27)16-31-24(33)12-30-25(31)34/h3-7,10-11,17,23,35H,8-9,12-16H2,1-2H3,(H,30,34)/t17-,23+,26?,27?/m0/s1. The number of aliphatic hydroxyl groups is 1. The maximum atomic E-state index is 15.6. The molecular formula is C27H31F2N3O5S. The van der Waals surface area contributed by atoms with Crippen molar-refractivity contribution in [1.29, 1.82) is 0 Å². The molecular weight excluding hydrogens is 516 g/mol. The Bertz CT molecular complexity index is 1360. The van der Waals surface area contributed by atoms with Crippen molar-refractivity contribution in [3.8, 4) is 0 Å². The first kappa shape index (κ1) is 26.7. The van der Waals surface area contributed by atoms with E-state index in [1.165, 1.54) is 4.31 Å². The van der Waals surface area contributed by atoms with Gasteiger partial charge < -0.3 is 10.4 Å². The van der Waals surface area contributed by atoms with Crippen molar-refractivity contribution in [3.05, 3.63) is 70.8 Å². The Balaban J connectivity index is 1.45. The van der Waals surface area contributed by atoms with Crippen LogP contribution in [-0.4, -0.2) is 59.4 Å². The number of rotatable bonds is 6.